The number of alkyl halides is 1. The zero-order valence-electron chi connectivity index (χ0n) is 9.02. The van der Waals surface area contributed by atoms with Gasteiger partial charge in [-0.3, -0.25) is 0 Å². The zero-order chi connectivity index (χ0) is 9.94. The third-order valence-electron chi connectivity index (χ3n) is 2.14. The molecule has 2 heteroatoms. The van der Waals surface area contributed by atoms with Gasteiger partial charge >= 0.3 is 0 Å². The molecule has 0 spiro atoms. The highest BCUT2D eigenvalue weighted by Crippen LogP contribution is 2.08. The molecule has 0 saturated heterocycles. The van der Waals surface area contributed by atoms with Crippen molar-refractivity contribution in [2.45, 2.75) is 58.5 Å². The number of rotatable bonds is 9. The molecule has 1 unspecified atom stereocenters. The van der Waals surface area contributed by atoms with Gasteiger partial charge in [0.2, 0.25) is 0 Å². The smallest absolute Gasteiger partial charge is 0.0547 e. The molecule has 13 heavy (non-hydrogen) atoms. The Hall–Kier alpha value is 0.440. The first-order chi connectivity index (χ1) is 6.31. The Morgan fingerprint density at radius 1 is 1.15 bits per heavy atom. The second kappa shape index (κ2) is 10.5. The van der Waals surface area contributed by atoms with Gasteiger partial charge in [0.15, 0.2) is 0 Å². The van der Waals surface area contributed by atoms with Crippen molar-refractivity contribution in [2.24, 2.45) is 0 Å². The number of hydrogen-bond donors (Lipinski definition) is 0. The van der Waals surface area contributed by atoms with Crippen LogP contribution in [-0.2, 0) is 4.74 Å². The number of hydrogen-bond acceptors (Lipinski definition) is 1. The van der Waals surface area contributed by atoms with Crippen molar-refractivity contribution in [3.63, 3.8) is 0 Å². The molecule has 0 bridgehead atoms. The van der Waals surface area contributed by atoms with Crippen LogP contribution in [0.5, 0.6) is 0 Å². The first-order valence-electron chi connectivity index (χ1n) is 5.48. The quantitative estimate of drug-likeness (QED) is 0.442. The van der Waals surface area contributed by atoms with Crippen LogP contribution in [0.1, 0.15) is 52.4 Å². The fourth-order valence-corrected chi connectivity index (χ4v) is 1.51. The summed E-state index contributed by atoms with van der Waals surface area (Å²) in [7, 11) is 0. The van der Waals surface area contributed by atoms with E-state index in [1.807, 2.05) is 0 Å². The third kappa shape index (κ3) is 10.4. The van der Waals surface area contributed by atoms with Gasteiger partial charge in [-0.1, -0.05) is 48.5 Å². The molecule has 1 nitrogen and oxygen atoms in total. The number of halogens is 1. The number of unbranched alkanes of at least 4 members (excludes halogenated alkanes) is 3. The topological polar surface area (TPSA) is 9.23 Å². The summed E-state index contributed by atoms with van der Waals surface area (Å²) in [5.74, 6) is 0. The summed E-state index contributed by atoms with van der Waals surface area (Å²) in [5.41, 5.74) is 0. The summed E-state index contributed by atoms with van der Waals surface area (Å²) >= 11 is 3.39. The van der Waals surface area contributed by atoms with Crippen LogP contribution in [0.2, 0.25) is 0 Å². The Kier molecular flexibility index (Phi) is 10.9. The van der Waals surface area contributed by atoms with Crippen molar-refractivity contribution in [1.29, 1.82) is 0 Å². The predicted octanol–water partition coefficient (Wildman–Crippen LogP) is 4.15. The minimum atomic E-state index is 0.455. The minimum absolute atomic E-state index is 0.455. The first kappa shape index (κ1) is 13.4. The van der Waals surface area contributed by atoms with Gasteiger partial charge in [0.05, 0.1) is 6.10 Å². The molecule has 0 rings (SSSR count). The van der Waals surface area contributed by atoms with E-state index >= 15 is 0 Å². The van der Waals surface area contributed by atoms with Crippen LogP contribution in [0.25, 0.3) is 0 Å². The van der Waals surface area contributed by atoms with Gasteiger partial charge < -0.3 is 4.74 Å². The molecule has 0 heterocycles. The lowest BCUT2D eigenvalue weighted by atomic mass is 10.1. The summed E-state index contributed by atoms with van der Waals surface area (Å²) in [5, 5.41) is 1.05. The predicted molar refractivity (Wildman–Crippen MR) is 62.6 cm³/mol. The van der Waals surface area contributed by atoms with Crippen LogP contribution in [0.3, 0.4) is 0 Å². The van der Waals surface area contributed by atoms with Gasteiger partial charge in [-0.25, -0.2) is 0 Å². The van der Waals surface area contributed by atoms with E-state index in [1.165, 1.54) is 32.1 Å². The average molecular weight is 251 g/mol. The standard InChI is InChI=1S/C11H23BrO/c1-3-4-5-6-8-11(2)13-10-7-9-12/h11H,3-10H2,1-2H3. The molecule has 0 fully saturated rings. The van der Waals surface area contributed by atoms with Crippen molar-refractivity contribution in [2.75, 3.05) is 11.9 Å². The number of ether oxygens (including phenoxy) is 1. The highest BCUT2D eigenvalue weighted by atomic mass is 79.9. The normalized spacial score (nSPS) is 13.2. The summed E-state index contributed by atoms with van der Waals surface area (Å²) in [6.45, 7) is 5.33. The Morgan fingerprint density at radius 2 is 1.92 bits per heavy atom. The highest BCUT2D eigenvalue weighted by molar-refractivity contribution is 9.09. The molecule has 0 aliphatic heterocycles. The third-order valence-corrected chi connectivity index (χ3v) is 2.71. The molecule has 0 saturated carbocycles. The van der Waals surface area contributed by atoms with E-state index in [2.05, 4.69) is 29.8 Å². The molecular weight excluding hydrogens is 228 g/mol. The molecule has 0 aromatic carbocycles. The maximum Gasteiger partial charge on any atom is 0.0547 e. The molecule has 1 atom stereocenters. The summed E-state index contributed by atoms with van der Waals surface area (Å²) in [4.78, 5) is 0. The molecule has 0 aliphatic carbocycles. The van der Waals surface area contributed by atoms with Crippen molar-refractivity contribution in [3.05, 3.63) is 0 Å². The highest BCUT2D eigenvalue weighted by Gasteiger charge is 2.00. The van der Waals surface area contributed by atoms with Crippen LogP contribution >= 0.6 is 15.9 Å². The minimum Gasteiger partial charge on any atom is -0.378 e. The average Bonchev–Trinajstić information content (AvgIpc) is 2.13. The van der Waals surface area contributed by atoms with Crippen LogP contribution in [0, 0.1) is 0 Å². The summed E-state index contributed by atoms with van der Waals surface area (Å²) < 4.78 is 5.63. The van der Waals surface area contributed by atoms with Crippen molar-refractivity contribution < 1.29 is 4.74 Å². The van der Waals surface area contributed by atoms with Crippen molar-refractivity contribution in [3.8, 4) is 0 Å². The van der Waals surface area contributed by atoms with E-state index in [4.69, 9.17) is 4.74 Å². The van der Waals surface area contributed by atoms with Gasteiger partial charge in [-0.05, 0) is 19.8 Å². The fourth-order valence-electron chi connectivity index (χ4n) is 1.28. The largest absolute Gasteiger partial charge is 0.378 e. The van der Waals surface area contributed by atoms with E-state index in [0.717, 1.165) is 18.4 Å². The monoisotopic (exact) mass is 250 g/mol. The van der Waals surface area contributed by atoms with Crippen molar-refractivity contribution >= 4 is 15.9 Å². The van der Waals surface area contributed by atoms with E-state index in [0.29, 0.717) is 6.10 Å². The van der Waals surface area contributed by atoms with E-state index in [-0.39, 0.29) is 0 Å². The summed E-state index contributed by atoms with van der Waals surface area (Å²) in [6, 6.07) is 0. The Balaban J connectivity index is 3.05. The van der Waals surface area contributed by atoms with Gasteiger partial charge in [-0.15, -0.1) is 0 Å². The second-order valence-corrected chi connectivity index (χ2v) is 4.37. The van der Waals surface area contributed by atoms with Gasteiger partial charge in [0.25, 0.3) is 0 Å². The van der Waals surface area contributed by atoms with Gasteiger partial charge in [-0.2, -0.15) is 0 Å². The maximum absolute atomic E-state index is 5.63. The Bertz CT molecular complexity index is 96.1. The van der Waals surface area contributed by atoms with Gasteiger partial charge in [0.1, 0.15) is 0 Å². The van der Waals surface area contributed by atoms with E-state index < -0.39 is 0 Å². The molecule has 80 valence electrons. The SMILES string of the molecule is CCCCCCC(C)OCCCBr. The molecule has 0 N–H and O–H groups in total. The maximum atomic E-state index is 5.63. The lowest BCUT2D eigenvalue weighted by Crippen LogP contribution is -2.09. The molecular formula is C11H23BrO. The van der Waals surface area contributed by atoms with E-state index in [1.54, 1.807) is 0 Å². The lowest BCUT2D eigenvalue weighted by molar-refractivity contribution is 0.0596. The Morgan fingerprint density at radius 3 is 2.54 bits per heavy atom. The molecule has 0 aliphatic rings. The first-order valence-corrected chi connectivity index (χ1v) is 6.61. The lowest BCUT2D eigenvalue weighted by Gasteiger charge is -2.11. The molecule has 0 aromatic rings. The molecule has 0 aromatic heterocycles. The van der Waals surface area contributed by atoms with Crippen LogP contribution < -0.4 is 0 Å². The molecule has 0 amide bonds. The van der Waals surface area contributed by atoms with Crippen LogP contribution in [0.4, 0.5) is 0 Å². The summed E-state index contributed by atoms with van der Waals surface area (Å²) in [6.07, 6.45) is 8.18. The second-order valence-electron chi connectivity index (χ2n) is 3.57. The van der Waals surface area contributed by atoms with Gasteiger partial charge in [0, 0.05) is 11.9 Å². The van der Waals surface area contributed by atoms with Crippen LogP contribution in [0.15, 0.2) is 0 Å². The Labute approximate surface area is 91.4 Å². The molecule has 0 radical (unpaired) electrons. The fraction of sp³-hybridized carbons (Fsp3) is 1.00. The zero-order valence-corrected chi connectivity index (χ0v) is 10.6. The van der Waals surface area contributed by atoms with Crippen LogP contribution in [-0.4, -0.2) is 18.0 Å². The van der Waals surface area contributed by atoms with Crippen molar-refractivity contribution in [1.82, 2.24) is 0 Å². The van der Waals surface area contributed by atoms with E-state index in [9.17, 15) is 0 Å².